The SMILES string of the molecule is Cc1ccc(C2(C)CCC(=O)CO2)cc1. The normalized spacial score (nSPS) is 26.7. The molecule has 1 atom stereocenters. The maximum Gasteiger partial charge on any atom is 0.158 e. The van der Waals surface area contributed by atoms with E-state index in [0.717, 1.165) is 6.42 Å². The first-order valence-corrected chi connectivity index (χ1v) is 5.33. The lowest BCUT2D eigenvalue weighted by molar-refractivity contribution is -0.141. The second-order valence-corrected chi connectivity index (χ2v) is 4.42. The molecule has 0 bridgehead atoms. The summed E-state index contributed by atoms with van der Waals surface area (Å²) < 4.78 is 5.65. The molecule has 2 rings (SSSR count). The Morgan fingerprint density at radius 2 is 1.93 bits per heavy atom. The van der Waals surface area contributed by atoms with Crippen LogP contribution in [0.15, 0.2) is 24.3 Å². The number of carbonyl (C=O) groups excluding carboxylic acids is 1. The van der Waals surface area contributed by atoms with Crippen LogP contribution in [0.2, 0.25) is 0 Å². The van der Waals surface area contributed by atoms with Crippen molar-refractivity contribution in [2.75, 3.05) is 6.61 Å². The largest absolute Gasteiger partial charge is 0.363 e. The molecule has 80 valence electrons. The summed E-state index contributed by atoms with van der Waals surface area (Å²) in [6.45, 7) is 4.38. The van der Waals surface area contributed by atoms with Gasteiger partial charge >= 0.3 is 0 Å². The van der Waals surface area contributed by atoms with E-state index in [2.05, 4.69) is 38.1 Å². The van der Waals surface area contributed by atoms with E-state index in [1.54, 1.807) is 0 Å². The first-order valence-electron chi connectivity index (χ1n) is 5.33. The number of aryl methyl sites for hydroxylation is 1. The Hall–Kier alpha value is -1.15. The van der Waals surface area contributed by atoms with E-state index >= 15 is 0 Å². The highest BCUT2D eigenvalue weighted by Gasteiger charge is 2.32. The number of hydrogen-bond acceptors (Lipinski definition) is 2. The van der Waals surface area contributed by atoms with Crippen LogP contribution in [-0.2, 0) is 15.1 Å². The van der Waals surface area contributed by atoms with Gasteiger partial charge in [-0.25, -0.2) is 0 Å². The molecular weight excluding hydrogens is 188 g/mol. The minimum absolute atomic E-state index is 0.208. The Labute approximate surface area is 90.3 Å². The smallest absolute Gasteiger partial charge is 0.158 e. The monoisotopic (exact) mass is 204 g/mol. The van der Waals surface area contributed by atoms with Gasteiger partial charge in [0.15, 0.2) is 5.78 Å². The van der Waals surface area contributed by atoms with Crippen LogP contribution in [0, 0.1) is 6.92 Å². The van der Waals surface area contributed by atoms with E-state index < -0.39 is 0 Å². The van der Waals surface area contributed by atoms with E-state index in [4.69, 9.17) is 4.74 Å². The minimum Gasteiger partial charge on any atom is -0.363 e. The summed E-state index contributed by atoms with van der Waals surface area (Å²) in [5.74, 6) is 0.208. The quantitative estimate of drug-likeness (QED) is 0.702. The van der Waals surface area contributed by atoms with Gasteiger partial charge < -0.3 is 4.74 Å². The van der Waals surface area contributed by atoms with Gasteiger partial charge in [-0.3, -0.25) is 4.79 Å². The molecule has 15 heavy (non-hydrogen) atoms. The third kappa shape index (κ3) is 2.10. The van der Waals surface area contributed by atoms with E-state index in [0.29, 0.717) is 6.42 Å². The number of benzene rings is 1. The Balaban J connectivity index is 2.22. The van der Waals surface area contributed by atoms with Crippen molar-refractivity contribution < 1.29 is 9.53 Å². The second-order valence-electron chi connectivity index (χ2n) is 4.42. The molecule has 0 N–H and O–H groups in total. The Kier molecular flexibility index (Phi) is 2.61. The van der Waals surface area contributed by atoms with Crippen LogP contribution in [-0.4, -0.2) is 12.4 Å². The molecule has 2 heteroatoms. The predicted molar refractivity (Wildman–Crippen MR) is 58.7 cm³/mol. The molecule has 1 aromatic carbocycles. The standard InChI is InChI=1S/C13H16O2/c1-10-3-5-11(6-4-10)13(2)8-7-12(14)9-15-13/h3-6H,7-9H2,1-2H3. The number of hydrogen-bond donors (Lipinski definition) is 0. The zero-order valence-electron chi connectivity index (χ0n) is 9.25. The zero-order valence-corrected chi connectivity index (χ0v) is 9.25. The summed E-state index contributed by atoms with van der Waals surface area (Å²) in [6.07, 6.45) is 1.42. The first kappa shape index (κ1) is 10.4. The summed E-state index contributed by atoms with van der Waals surface area (Å²) in [6, 6.07) is 8.34. The lowest BCUT2D eigenvalue weighted by Gasteiger charge is -2.33. The van der Waals surface area contributed by atoms with E-state index in [-0.39, 0.29) is 18.0 Å². The fraction of sp³-hybridized carbons (Fsp3) is 0.462. The van der Waals surface area contributed by atoms with Crippen molar-refractivity contribution in [3.63, 3.8) is 0 Å². The van der Waals surface area contributed by atoms with Gasteiger partial charge in [-0.15, -0.1) is 0 Å². The third-order valence-electron chi connectivity index (χ3n) is 3.09. The Morgan fingerprint density at radius 3 is 2.47 bits per heavy atom. The highest BCUT2D eigenvalue weighted by atomic mass is 16.5. The maximum absolute atomic E-state index is 11.1. The molecule has 2 nitrogen and oxygen atoms in total. The van der Waals surface area contributed by atoms with Crippen molar-refractivity contribution in [1.29, 1.82) is 0 Å². The number of ketones is 1. The molecular formula is C13H16O2. The van der Waals surface area contributed by atoms with Gasteiger partial charge in [-0.1, -0.05) is 29.8 Å². The van der Waals surface area contributed by atoms with Gasteiger partial charge in [0.2, 0.25) is 0 Å². The Bertz CT molecular complexity index is 355. The lowest BCUT2D eigenvalue weighted by atomic mass is 9.87. The van der Waals surface area contributed by atoms with Crippen molar-refractivity contribution in [2.24, 2.45) is 0 Å². The number of ether oxygens (including phenoxy) is 1. The molecule has 0 amide bonds. The van der Waals surface area contributed by atoms with Gasteiger partial charge in [0.05, 0.1) is 5.60 Å². The molecule has 0 aliphatic carbocycles. The van der Waals surface area contributed by atoms with Crippen molar-refractivity contribution in [2.45, 2.75) is 32.3 Å². The summed E-state index contributed by atoms with van der Waals surface area (Å²) >= 11 is 0. The highest BCUT2D eigenvalue weighted by Crippen LogP contribution is 2.33. The first-order chi connectivity index (χ1) is 7.10. The molecule has 1 fully saturated rings. The average Bonchev–Trinajstić information content (AvgIpc) is 2.24. The number of carbonyl (C=O) groups is 1. The van der Waals surface area contributed by atoms with Crippen LogP contribution < -0.4 is 0 Å². The van der Waals surface area contributed by atoms with Crippen LogP contribution >= 0.6 is 0 Å². The highest BCUT2D eigenvalue weighted by molar-refractivity contribution is 5.80. The fourth-order valence-electron chi connectivity index (χ4n) is 1.90. The molecule has 1 aromatic rings. The molecule has 0 spiro atoms. The number of Topliss-reactive ketones (excluding diaryl/α,β-unsaturated/α-hetero) is 1. The molecule has 1 heterocycles. The second kappa shape index (κ2) is 3.78. The van der Waals surface area contributed by atoms with Crippen LogP contribution in [0.5, 0.6) is 0 Å². The van der Waals surface area contributed by atoms with Crippen molar-refractivity contribution in [3.8, 4) is 0 Å². The molecule has 1 aliphatic heterocycles. The maximum atomic E-state index is 11.1. The Morgan fingerprint density at radius 1 is 1.27 bits per heavy atom. The summed E-state index contributed by atoms with van der Waals surface area (Å²) in [5.41, 5.74) is 2.14. The van der Waals surface area contributed by atoms with Crippen molar-refractivity contribution >= 4 is 5.78 Å². The third-order valence-corrected chi connectivity index (χ3v) is 3.09. The van der Waals surface area contributed by atoms with E-state index in [9.17, 15) is 4.79 Å². The number of rotatable bonds is 1. The molecule has 1 aliphatic rings. The van der Waals surface area contributed by atoms with Crippen LogP contribution in [0.25, 0.3) is 0 Å². The lowest BCUT2D eigenvalue weighted by Crippen LogP contribution is -2.34. The van der Waals surface area contributed by atoms with E-state index in [1.165, 1.54) is 11.1 Å². The van der Waals surface area contributed by atoms with Crippen molar-refractivity contribution in [3.05, 3.63) is 35.4 Å². The van der Waals surface area contributed by atoms with Gasteiger partial charge in [0.1, 0.15) is 6.61 Å². The van der Waals surface area contributed by atoms with Gasteiger partial charge in [-0.2, -0.15) is 0 Å². The fourth-order valence-corrected chi connectivity index (χ4v) is 1.90. The van der Waals surface area contributed by atoms with Crippen LogP contribution in [0.4, 0.5) is 0 Å². The molecule has 0 saturated carbocycles. The summed E-state index contributed by atoms with van der Waals surface area (Å²) in [7, 11) is 0. The predicted octanol–water partition coefficient (Wildman–Crippen LogP) is 2.59. The molecule has 1 unspecified atom stereocenters. The molecule has 0 radical (unpaired) electrons. The summed E-state index contributed by atoms with van der Waals surface area (Å²) in [5, 5.41) is 0. The molecule has 0 aromatic heterocycles. The minimum atomic E-state index is -0.276. The van der Waals surface area contributed by atoms with Crippen LogP contribution in [0.3, 0.4) is 0 Å². The van der Waals surface area contributed by atoms with Crippen LogP contribution in [0.1, 0.15) is 30.9 Å². The van der Waals surface area contributed by atoms with Gasteiger partial charge in [-0.05, 0) is 25.8 Å². The van der Waals surface area contributed by atoms with E-state index in [1.807, 2.05) is 0 Å². The zero-order chi connectivity index (χ0) is 10.9. The van der Waals surface area contributed by atoms with Gasteiger partial charge in [0, 0.05) is 6.42 Å². The topological polar surface area (TPSA) is 26.3 Å². The van der Waals surface area contributed by atoms with Crippen molar-refractivity contribution in [1.82, 2.24) is 0 Å². The summed E-state index contributed by atoms with van der Waals surface area (Å²) in [4.78, 5) is 11.1. The van der Waals surface area contributed by atoms with Gasteiger partial charge in [0.25, 0.3) is 0 Å². The molecule has 1 saturated heterocycles. The average molecular weight is 204 g/mol.